The van der Waals surface area contributed by atoms with Gasteiger partial charge in [0.2, 0.25) is 0 Å². The fourth-order valence-electron chi connectivity index (χ4n) is 3.12. The van der Waals surface area contributed by atoms with Gasteiger partial charge in [0.15, 0.2) is 5.69 Å². The van der Waals surface area contributed by atoms with Crippen LogP contribution in [0, 0.1) is 0 Å². The lowest BCUT2D eigenvalue weighted by Gasteiger charge is -2.06. The molecule has 3 N–H and O–H groups in total. The second kappa shape index (κ2) is 8.83. The van der Waals surface area contributed by atoms with Crippen molar-refractivity contribution in [2.24, 2.45) is 0 Å². The smallest absolute Gasteiger partial charge is 0.276 e. The number of rotatable bonds is 8. The summed E-state index contributed by atoms with van der Waals surface area (Å²) in [5.41, 5.74) is 3.63. The quantitative estimate of drug-likeness (QED) is 0.415. The Labute approximate surface area is 171 Å². The first-order valence-electron chi connectivity index (χ1n) is 9.42. The number of H-pyrrole nitrogens is 1. The van der Waals surface area contributed by atoms with E-state index in [2.05, 4.69) is 25.9 Å². The van der Waals surface area contributed by atoms with Crippen LogP contribution in [0.25, 0.3) is 10.9 Å². The standard InChI is InChI=1S/C21H20F2N6O/c22-19(23)11-24-9-14-5-7-15(8-6-14)12-29-13-16(10-25-29)26-21(30)20-17-3-1-2-4-18(17)27-28-20/h1-8,10,13,19,24H,9,11-12H2,(H,26,30)(H,27,28). The van der Waals surface area contributed by atoms with Crippen molar-refractivity contribution in [3.8, 4) is 0 Å². The Bertz CT molecular complexity index is 1140. The summed E-state index contributed by atoms with van der Waals surface area (Å²) in [4.78, 5) is 12.5. The van der Waals surface area contributed by atoms with Gasteiger partial charge >= 0.3 is 0 Å². The molecule has 4 aromatic rings. The molecular formula is C21H20F2N6O. The van der Waals surface area contributed by atoms with Crippen LogP contribution in [0.5, 0.6) is 0 Å². The van der Waals surface area contributed by atoms with Gasteiger partial charge in [0.1, 0.15) is 0 Å². The summed E-state index contributed by atoms with van der Waals surface area (Å²) in [6, 6.07) is 15.1. The average Bonchev–Trinajstić information content (AvgIpc) is 3.36. The van der Waals surface area contributed by atoms with Gasteiger partial charge in [0.05, 0.1) is 30.5 Å². The number of aromatic amines is 1. The second-order valence-electron chi connectivity index (χ2n) is 6.84. The van der Waals surface area contributed by atoms with Crippen molar-refractivity contribution >= 4 is 22.5 Å². The molecular weight excluding hydrogens is 390 g/mol. The molecule has 0 radical (unpaired) electrons. The highest BCUT2D eigenvalue weighted by Crippen LogP contribution is 2.17. The molecule has 0 saturated heterocycles. The molecule has 1 amide bonds. The van der Waals surface area contributed by atoms with Crippen LogP contribution in [0.4, 0.5) is 14.5 Å². The van der Waals surface area contributed by atoms with E-state index in [1.165, 1.54) is 0 Å². The minimum Gasteiger partial charge on any atom is -0.318 e. The van der Waals surface area contributed by atoms with E-state index in [9.17, 15) is 13.6 Å². The molecule has 154 valence electrons. The molecule has 7 nitrogen and oxygen atoms in total. The Balaban J connectivity index is 1.35. The van der Waals surface area contributed by atoms with Gasteiger partial charge in [-0.2, -0.15) is 10.2 Å². The zero-order valence-corrected chi connectivity index (χ0v) is 16.0. The van der Waals surface area contributed by atoms with E-state index in [-0.39, 0.29) is 12.5 Å². The maximum Gasteiger partial charge on any atom is 0.276 e. The molecule has 4 rings (SSSR count). The lowest BCUT2D eigenvalue weighted by molar-refractivity contribution is 0.102. The van der Waals surface area contributed by atoms with Crippen molar-refractivity contribution in [1.29, 1.82) is 0 Å². The number of nitrogens with one attached hydrogen (secondary N) is 3. The Morgan fingerprint density at radius 1 is 1.10 bits per heavy atom. The number of carbonyl (C=O) groups is 1. The van der Waals surface area contributed by atoms with Gasteiger partial charge in [-0.05, 0) is 17.2 Å². The molecule has 0 saturated carbocycles. The normalized spacial score (nSPS) is 11.3. The van der Waals surface area contributed by atoms with Crippen molar-refractivity contribution in [1.82, 2.24) is 25.3 Å². The van der Waals surface area contributed by atoms with Crippen molar-refractivity contribution < 1.29 is 13.6 Å². The summed E-state index contributed by atoms with van der Waals surface area (Å²) in [6.07, 6.45) is 0.964. The van der Waals surface area contributed by atoms with Gasteiger partial charge in [0, 0.05) is 18.1 Å². The summed E-state index contributed by atoms with van der Waals surface area (Å²) in [5.74, 6) is -0.312. The number of aromatic nitrogens is 4. The van der Waals surface area contributed by atoms with Gasteiger partial charge in [-0.15, -0.1) is 0 Å². The van der Waals surface area contributed by atoms with E-state index >= 15 is 0 Å². The molecule has 30 heavy (non-hydrogen) atoms. The summed E-state index contributed by atoms with van der Waals surface area (Å²) in [7, 11) is 0. The van der Waals surface area contributed by atoms with Crippen LogP contribution in [-0.4, -0.2) is 38.9 Å². The maximum atomic E-state index is 12.5. The second-order valence-corrected chi connectivity index (χ2v) is 6.84. The highest BCUT2D eigenvalue weighted by Gasteiger charge is 2.14. The molecule has 0 spiro atoms. The first kappa shape index (κ1) is 19.7. The number of alkyl halides is 2. The summed E-state index contributed by atoms with van der Waals surface area (Å²) < 4.78 is 26.1. The third kappa shape index (κ3) is 4.69. The van der Waals surface area contributed by atoms with Crippen LogP contribution in [0.2, 0.25) is 0 Å². The van der Waals surface area contributed by atoms with Crippen LogP contribution in [0.1, 0.15) is 21.6 Å². The van der Waals surface area contributed by atoms with Crippen molar-refractivity contribution in [2.45, 2.75) is 19.5 Å². The van der Waals surface area contributed by atoms with Crippen molar-refractivity contribution in [3.05, 3.63) is 77.7 Å². The molecule has 0 atom stereocenters. The van der Waals surface area contributed by atoms with Crippen LogP contribution in [0.3, 0.4) is 0 Å². The fraction of sp³-hybridized carbons (Fsp3) is 0.190. The van der Waals surface area contributed by atoms with E-state index in [1.54, 1.807) is 17.1 Å². The number of para-hydroxylation sites is 1. The van der Waals surface area contributed by atoms with Gasteiger partial charge in [-0.1, -0.05) is 42.5 Å². The van der Waals surface area contributed by atoms with Crippen molar-refractivity contribution in [3.63, 3.8) is 0 Å². The monoisotopic (exact) mass is 410 g/mol. The Morgan fingerprint density at radius 2 is 1.87 bits per heavy atom. The van der Waals surface area contributed by atoms with E-state index in [1.807, 2.05) is 48.5 Å². The van der Waals surface area contributed by atoms with Crippen LogP contribution < -0.4 is 10.6 Å². The molecule has 0 fully saturated rings. The van der Waals surface area contributed by atoms with Crippen LogP contribution in [0.15, 0.2) is 60.9 Å². The Morgan fingerprint density at radius 3 is 2.67 bits per heavy atom. The highest BCUT2D eigenvalue weighted by atomic mass is 19.3. The molecule has 0 aliphatic rings. The minimum absolute atomic E-state index is 0.312. The van der Waals surface area contributed by atoms with E-state index in [4.69, 9.17) is 0 Å². The number of anilines is 1. The SMILES string of the molecule is O=C(Nc1cnn(Cc2ccc(CNCC(F)F)cc2)c1)c1n[nH]c2ccccc12. The summed E-state index contributed by atoms with van der Waals surface area (Å²) >= 11 is 0. The fourth-order valence-corrected chi connectivity index (χ4v) is 3.12. The zero-order valence-electron chi connectivity index (χ0n) is 16.0. The molecule has 2 aromatic carbocycles. The van der Waals surface area contributed by atoms with Crippen LogP contribution >= 0.6 is 0 Å². The number of hydrogen-bond donors (Lipinski definition) is 3. The third-order valence-electron chi connectivity index (χ3n) is 4.57. The highest BCUT2D eigenvalue weighted by molar-refractivity contribution is 6.10. The zero-order chi connectivity index (χ0) is 20.9. The molecule has 2 heterocycles. The maximum absolute atomic E-state index is 12.5. The van der Waals surface area contributed by atoms with Crippen LogP contribution in [-0.2, 0) is 13.1 Å². The number of amides is 1. The van der Waals surface area contributed by atoms with E-state index in [0.717, 1.165) is 22.0 Å². The number of carbonyl (C=O) groups excluding carboxylic acids is 1. The molecule has 0 unspecified atom stereocenters. The number of benzene rings is 2. The molecule has 9 heteroatoms. The van der Waals surface area contributed by atoms with Gasteiger partial charge in [-0.25, -0.2) is 8.78 Å². The third-order valence-corrected chi connectivity index (χ3v) is 4.57. The van der Waals surface area contributed by atoms with E-state index < -0.39 is 6.43 Å². The number of nitrogens with zero attached hydrogens (tertiary/aromatic N) is 3. The summed E-state index contributed by atoms with van der Waals surface area (Å²) in [6.45, 7) is 0.591. The van der Waals surface area contributed by atoms with Gasteiger partial charge in [-0.3, -0.25) is 14.6 Å². The average molecular weight is 410 g/mol. The largest absolute Gasteiger partial charge is 0.318 e. The lowest BCUT2D eigenvalue weighted by Crippen LogP contribution is -2.20. The molecule has 0 bridgehead atoms. The molecule has 2 aromatic heterocycles. The van der Waals surface area contributed by atoms with Gasteiger partial charge in [0.25, 0.3) is 12.3 Å². The minimum atomic E-state index is -2.36. The molecule has 0 aliphatic heterocycles. The lowest BCUT2D eigenvalue weighted by atomic mass is 10.1. The number of halogens is 2. The number of hydrogen-bond acceptors (Lipinski definition) is 4. The first-order chi connectivity index (χ1) is 14.6. The topological polar surface area (TPSA) is 87.6 Å². The van der Waals surface area contributed by atoms with Crippen molar-refractivity contribution in [2.75, 3.05) is 11.9 Å². The number of fused-ring (bicyclic) bond motifs is 1. The Hall–Kier alpha value is -3.59. The summed E-state index contributed by atoms with van der Waals surface area (Å²) in [5, 5.41) is 17.5. The molecule has 0 aliphatic carbocycles. The predicted molar refractivity (Wildman–Crippen MR) is 110 cm³/mol. The van der Waals surface area contributed by atoms with Gasteiger partial charge < -0.3 is 10.6 Å². The van der Waals surface area contributed by atoms with E-state index in [0.29, 0.717) is 24.5 Å². The first-order valence-corrected chi connectivity index (χ1v) is 9.42. The Kier molecular flexibility index (Phi) is 5.80. The predicted octanol–water partition coefficient (Wildman–Crippen LogP) is 3.41.